The van der Waals surface area contributed by atoms with Crippen molar-refractivity contribution >= 4 is 23.3 Å². The molecule has 1 amide bonds. The van der Waals surface area contributed by atoms with Crippen molar-refractivity contribution in [3.8, 4) is 11.5 Å². The van der Waals surface area contributed by atoms with E-state index >= 15 is 0 Å². The summed E-state index contributed by atoms with van der Waals surface area (Å²) in [5.74, 6) is 0.160. The Morgan fingerprint density at radius 2 is 1.33 bits per heavy atom. The summed E-state index contributed by atoms with van der Waals surface area (Å²) < 4.78 is 50.8. The molecular weight excluding hydrogens is 567 g/mol. The number of hydrogen-bond acceptors (Lipinski definition) is 4. The molecule has 0 heterocycles. The number of ether oxygens (including phenoxy) is 2. The summed E-state index contributed by atoms with van der Waals surface area (Å²) in [6.45, 7) is 3.48. The van der Waals surface area contributed by atoms with E-state index in [0.29, 0.717) is 28.3 Å². The van der Waals surface area contributed by atoms with Crippen molar-refractivity contribution in [1.29, 1.82) is 0 Å². The third-order valence-electron chi connectivity index (χ3n) is 6.47. The number of hydrogen-bond donors (Lipinski definition) is 1. The zero-order chi connectivity index (χ0) is 30.3. The molecule has 0 saturated carbocycles. The normalized spacial score (nSPS) is 12.3. The van der Waals surface area contributed by atoms with Gasteiger partial charge in [0.05, 0.1) is 5.56 Å². The molecule has 9 heteroatoms. The molecular formula is C33H29ClF3NO4. The highest BCUT2D eigenvalue weighted by molar-refractivity contribution is 6.30. The summed E-state index contributed by atoms with van der Waals surface area (Å²) in [5, 5.41) is 3.40. The number of nitrogens with one attached hydrogen (secondary N) is 1. The standard InChI is InChI=1S/C33H29ClF3NO4/c1-32(2,42-28-16-10-24(11-17-28)30(39)23-8-14-26(34)15-9-23)31(40)38-21-20-29(22-6-4-3-5-7-22)41-27-18-12-25(13-19-27)33(35,36)37/h3-19,29H,20-21H2,1-2H3,(H,38,40)/t29-/m1/s1. The van der Waals surface area contributed by atoms with Gasteiger partial charge in [-0.3, -0.25) is 9.59 Å². The van der Waals surface area contributed by atoms with Crippen LogP contribution in [-0.2, 0) is 11.0 Å². The maximum atomic E-state index is 13.0. The number of amides is 1. The van der Waals surface area contributed by atoms with Gasteiger partial charge in [0.25, 0.3) is 5.91 Å². The molecule has 4 aromatic rings. The van der Waals surface area contributed by atoms with Crippen LogP contribution in [-0.4, -0.2) is 23.8 Å². The van der Waals surface area contributed by atoms with Crippen LogP contribution < -0.4 is 14.8 Å². The van der Waals surface area contributed by atoms with Gasteiger partial charge < -0.3 is 14.8 Å². The van der Waals surface area contributed by atoms with Crippen LogP contribution in [0.3, 0.4) is 0 Å². The van der Waals surface area contributed by atoms with Gasteiger partial charge in [-0.25, -0.2) is 0 Å². The largest absolute Gasteiger partial charge is 0.486 e. The zero-order valence-corrected chi connectivity index (χ0v) is 23.7. The summed E-state index contributed by atoms with van der Waals surface area (Å²) in [5.41, 5.74) is -0.215. The Morgan fingerprint density at radius 3 is 1.90 bits per heavy atom. The second-order valence-electron chi connectivity index (χ2n) is 10.1. The van der Waals surface area contributed by atoms with Gasteiger partial charge in [0.15, 0.2) is 11.4 Å². The summed E-state index contributed by atoms with van der Waals surface area (Å²) in [4.78, 5) is 25.7. The minimum atomic E-state index is -4.44. The Balaban J connectivity index is 1.35. The van der Waals surface area contributed by atoms with E-state index in [1.54, 1.807) is 62.4 Å². The van der Waals surface area contributed by atoms with Crippen LogP contribution in [0.4, 0.5) is 13.2 Å². The Hall–Kier alpha value is -4.30. The fourth-order valence-electron chi connectivity index (χ4n) is 4.16. The Bertz CT molecular complexity index is 1490. The quantitative estimate of drug-likeness (QED) is 0.178. The molecule has 1 N–H and O–H groups in total. The van der Waals surface area contributed by atoms with E-state index in [2.05, 4.69) is 5.32 Å². The van der Waals surface area contributed by atoms with Gasteiger partial charge in [-0.05, 0) is 92.2 Å². The van der Waals surface area contributed by atoms with Gasteiger partial charge in [-0.15, -0.1) is 0 Å². The molecule has 0 fully saturated rings. The highest BCUT2D eigenvalue weighted by Crippen LogP contribution is 2.32. The topological polar surface area (TPSA) is 64.6 Å². The molecule has 218 valence electrons. The zero-order valence-electron chi connectivity index (χ0n) is 23.0. The minimum absolute atomic E-state index is 0.165. The summed E-state index contributed by atoms with van der Waals surface area (Å²) in [6.07, 6.45) is -4.60. The van der Waals surface area contributed by atoms with Crippen molar-refractivity contribution in [2.45, 2.75) is 38.1 Å². The van der Waals surface area contributed by atoms with Crippen LogP contribution in [0.2, 0.25) is 5.02 Å². The fraction of sp³-hybridized carbons (Fsp3) is 0.212. The van der Waals surface area contributed by atoms with Gasteiger partial charge >= 0.3 is 6.18 Å². The van der Waals surface area contributed by atoms with Gasteiger partial charge in [-0.2, -0.15) is 13.2 Å². The van der Waals surface area contributed by atoms with E-state index in [-0.39, 0.29) is 24.0 Å². The van der Waals surface area contributed by atoms with Crippen molar-refractivity contribution in [3.05, 3.63) is 130 Å². The third kappa shape index (κ3) is 8.13. The second-order valence-corrected chi connectivity index (χ2v) is 10.5. The molecule has 4 rings (SSSR count). The number of carbonyl (C=O) groups excluding carboxylic acids is 2. The number of rotatable bonds is 11. The Labute approximate surface area is 247 Å². The van der Waals surface area contributed by atoms with Crippen molar-refractivity contribution in [2.24, 2.45) is 0 Å². The Kier molecular flexibility index (Phi) is 9.58. The first-order valence-corrected chi connectivity index (χ1v) is 13.6. The number of benzene rings is 4. The van der Waals surface area contributed by atoms with E-state index in [1.165, 1.54) is 12.1 Å². The molecule has 0 aromatic heterocycles. The lowest BCUT2D eigenvalue weighted by molar-refractivity contribution is -0.137. The predicted octanol–water partition coefficient (Wildman–Crippen LogP) is 8.07. The van der Waals surface area contributed by atoms with Crippen molar-refractivity contribution in [2.75, 3.05) is 6.54 Å². The third-order valence-corrected chi connectivity index (χ3v) is 6.72. The number of alkyl halides is 3. The predicted molar refractivity (Wildman–Crippen MR) is 155 cm³/mol. The van der Waals surface area contributed by atoms with Crippen LogP contribution in [0.5, 0.6) is 11.5 Å². The average Bonchev–Trinajstić information content (AvgIpc) is 2.97. The molecule has 1 atom stereocenters. The molecule has 0 unspecified atom stereocenters. The summed E-state index contributed by atoms with van der Waals surface area (Å²) in [7, 11) is 0. The average molecular weight is 596 g/mol. The first kappa shape index (κ1) is 30.7. The number of ketones is 1. The second kappa shape index (κ2) is 13.1. The first-order valence-electron chi connectivity index (χ1n) is 13.2. The number of halogens is 4. The Morgan fingerprint density at radius 1 is 0.786 bits per heavy atom. The SMILES string of the molecule is CC(C)(Oc1ccc(C(=O)c2ccc(Cl)cc2)cc1)C(=O)NCC[C@@H](Oc1ccc(C(F)(F)F)cc1)c1ccccc1. The fourth-order valence-corrected chi connectivity index (χ4v) is 4.29. The van der Waals surface area contributed by atoms with Crippen molar-refractivity contribution in [3.63, 3.8) is 0 Å². The van der Waals surface area contributed by atoms with Crippen LogP contribution >= 0.6 is 11.6 Å². The van der Waals surface area contributed by atoms with Crippen molar-refractivity contribution < 1.29 is 32.2 Å². The molecule has 0 spiro atoms. The number of carbonyl (C=O) groups is 2. The molecule has 0 bridgehead atoms. The first-order chi connectivity index (χ1) is 19.9. The van der Waals surface area contributed by atoms with Gasteiger partial charge in [0.2, 0.25) is 0 Å². The van der Waals surface area contributed by atoms with E-state index < -0.39 is 23.4 Å². The lowest BCUT2D eigenvalue weighted by atomic mass is 10.0. The summed E-state index contributed by atoms with van der Waals surface area (Å²) in [6, 6.07) is 26.8. The molecule has 0 aliphatic rings. The highest BCUT2D eigenvalue weighted by atomic mass is 35.5. The van der Waals surface area contributed by atoms with Gasteiger partial charge in [0.1, 0.15) is 17.6 Å². The smallest absolute Gasteiger partial charge is 0.416 e. The van der Waals surface area contributed by atoms with E-state index in [0.717, 1.165) is 17.7 Å². The molecule has 0 aliphatic heterocycles. The van der Waals surface area contributed by atoms with Crippen LogP contribution in [0.1, 0.15) is 53.4 Å². The highest BCUT2D eigenvalue weighted by Gasteiger charge is 2.31. The molecule has 4 aromatic carbocycles. The molecule has 0 saturated heterocycles. The van der Waals surface area contributed by atoms with Crippen LogP contribution in [0.25, 0.3) is 0 Å². The van der Waals surface area contributed by atoms with Crippen LogP contribution in [0.15, 0.2) is 103 Å². The maximum Gasteiger partial charge on any atom is 0.416 e. The molecule has 0 radical (unpaired) electrons. The maximum absolute atomic E-state index is 13.0. The minimum Gasteiger partial charge on any atom is -0.486 e. The molecule has 42 heavy (non-hydrogen) atoms. The van der Waals surface area contributed by atoms with Crippen LogP contribution in [0, 0.1) is 0 Å². The molecule has 0 aliphatic carbocycles. The lowest BCUT2D eigenvalue weighted by Gasteiger charge is -2.26. The van der Waals surface area contributed by atoms with E-state index in [4.69, 9.17) is 21.1 Å². The monoisotopic (exact) mass is 595 g/mol. The van der Waals surface area contributed by atoms with Gasteiger partial charge in [-0.1, -0.05) is 41.9 Å². The van der Waals surface area contributed by atoms with Gasteiger partial charge in [0, 0.05) is 29.1 Å². The molecule has 5 nitrogen and oxygen atoms in total. The van der Waals surface area contributed by atoms with E-state index in [1.807, 2.05) is 30.3 Å². The van der Waals surface area contributed by atoms with E-state index in [9.17, 15) is 22.8 Å². The van der Waals surface area contributed by atoms with Crippen molar-refractivity contribution in [1.82, 2.24) is 5.32 Å². The summed E-state index contributed by atoms with van der Waals surface area (Å²) >= 11 is 5.90. The lowest BCUT2D eigenvalue weighted by Crippen LogP contribution is -2.47.